The molecule has 3 heteroatoms. The van der Waals surface area contributed by atoms with E-state index in [1.165, 1.54) is 43.8 Å². The first-order valence-corrected chi connectivity index (χ1v) is 14.2. The van der Waals surface area contributed by atoms with Crippen LogP contribution in [0.3, 0.4) is 0 Å². The van der Waals surface area contributed by atoms with Crippen molar-refractivity contribution in [2.45, 2.75) is 38.9 Å². The van der Waals surface area contributed by atoms with E-state index in [4.69, 9.17) is 4.65 Å². The average Bonchev–Trinajstić information content (AvgIpc) is 2.99. The van der Waals surface area contributed by atoms with Gasteiger partial charge in [-0.25, -0.2) is 0 Å². The summed E-state index contributed by atoms with van der Waals surface area (Å²) in [6.07, 6.45) is 0. The van der Waals surface area contributed by atoms with Gasteiger partial charge in [-0.2, -0.15) is 0 Å². The van der Waals surface area contributed by atoms with Crippen LogP contribution in [0.1, 0.15) is 27.7 Å². The molecule has 0 unspecified atom stereocenters. The van der Waals surface area contributed by atoms with Crippen LogP contribution in [-0.2, 0) is 4.65 Å². The lowest BCUT2D eigenvalue weighted by Crippen LogP contribution is -2.49. The van der Waals surface area contributed by atoms with Crippen LogP contribution >= 0.6 is 0 Å². The minimum atomic E-state index is -0.975. The SMILES string of the molecule is CC(C)(O)C(C)(C)O[B]c1cccc(-c2cccc(-c3c4ccccc4c(-c4ccccc4)c4ccccc34)c2)c1. The molecule has 6 aromatic rings. The van der Waals surface area contributed by atoms with Crippen molar-refractivity contribution in [3.63, 3.8) is 0 Å². The summed E-state index contributed by atoms with van der Waals surface area (Å²) in [4.78, 5) is 0. The molecule has 0 amide bonds. The van der Waals surface area contributed by atoms with Gasteiger partial charge in [-0.1, -0.05) is 127 Å². The van der Waals surface area contributed by atoms with Crippen molar-refractivity contribution in [3.05, 3.63) is 127 Å². The minimum Gasteiger partial charge on any atom is -0.427 e. The zero-order valence-corrected chi connectivity index (χ0v) is 24.1. The van der Waals surface area contributed by atoms with E-state index in [-0.39, 0.29) is 0 Å². The molecule has 0 spiro atoms. The van der Waals surface area contributed by atoms with Crippen LogP contribution in [0.15, 0.2) is 127 Å². The predicted octanol–water partition coefficient (Wildman–Crippen LogP) is 8.80. The summed E-state index contributed by atoms with van der Waals surface area (Å²) in [6, 6.07) is 45.3. The van der Waals surface area contributed by atoms with Gasteiger partial charge in [-0.3, -0.25) is 0 Å². The number of fused-ring (bicyclic) bond motifs is 2. The van der Waals surface area contributed by atoms with Gasteiger partial charge in [0.1, 0.15) is 0 Å². The third kappa shape index (κ3) is 5.20. The molecule has 201 valence electrons. The maximum Gasteiger partial charge on any atom is 0.330 e. The Kier molecular flexibility index (Phi) is 7.03. The van der Waals surface area contributed by atoms with Crippen molar-refractivity contribution in [2.24, 2.45) is 0 Å². The normalized spacial score (nSPS) is 12.1. The maximum absolute atomic E-state index is 10.5. The smallest absolute Gasteiger partial charge is 0.330 e. The molecule has 6 rings (SSSR count). The number of hydrogen-bond acceptors (Lipinski definition) is 2. The first-order valence-electron chi connectivity index (χ1n) is 14.2. The highest BCUT2D eigenvalue weighted by molar-refractivity contribution is 6.47. The molecule has 0 aliphatic rings. The zero-order valence-electron chi connectivity index (χ0n) is 24.1. The zero-order chi connectivity index (χ0) is 28.6. The number of rotatable bonds is 7. The van der Waals surface area contributed by atoms with Gasteiger partial charge in [-0.15, -0.1) is 0 Å². The third-order valence-corrected chi connectivity index (χ3v) is 8.33. The van der Waals surface area contributed by atoms with Crippen LogP contribution in [0, 0.1) is 0 Å². The van der Waals surface area contributed by atoms with Crippen molar-refractivity contribution in [3.8, 4) is 33.4 Å². The largest absolute Gasteiger partial charge is 0.427 e. The fourth-order valence-electron chi connectivity index (χ4n) is 5.36. The van der Waals surface area contributed by atoms with Crippen LogP contribution in [0.2, 0.25) is 0 Å². The molecule has 0 aromatic heterocycles. The molecule has 0 heterocycles. The molecule has 2 nitrogen and oxygen atoms in total. The van der Waals surface area contributed by atoms with Gasteiger partial charge in [0.2, 0.25) is 0 Å². The molecule has 41 heavy (non-hydrogen) atoms. The Balaban J connectivity index is 1.47. The van der Waals surface area contributed by atoms with Crippen LogP contribution < -0.4 is 5.46 Å². The van der Waals surface area contributed by atoms with Gasteiger partial charge in [0, 0.05) is 0 Å². The first kappa shape index (κ1) is 27.0. The van der Waals surface area contributed by atoms with Crippen molar-refractivity contribution >= 4 is 34.5 Å². The third-order valence-electron chi connectivity index (χ3n) is 8.33. The maximum atomic E-state index is 10.5. The molecule has 0 saturated carbocycles. The Morgan fingerprint density at radius 1 is 0.488 bits per heavy atom. The fourth-order valence-corrected chi connectivity index (χ4v) is 5.36. The Labute approximate surface area is 243 Å². The van der Waals surface area contributed by atoms with Crippen molar-refractivity contribution in [1.29, 1.82) is 0 Å². The second-order valence-corrected chi connectivity index (χ2v) is 11.7. The molecule has 0 bridgehead atoms. The molecular formula is C38H34BO2. The minimum absolute atomic E-state index is 0.725. The molecule has 1 radical (unpaired) electrons. The lowest BCUT2D eigenvalue weighted by Gasteiger charge is -2.37. The topological polar surface area (TPSA) is 29.5 Å². The van der Waals surface area contributed by atoms with Crippen molar-refractivity contribution < 1.29 is 9.76 Å². The number of benzene rings is 6. The van der Waals surface area contributed by atoms with Gasteiger partial charge < -0.3 is 9.76 Å². The van der Waals surface area contributed by atoms with Gasteiger partial charge in [0.25, 0.3) is 0 Å². The molecule has 0 aliphatic heterocycles. The van der Waals surface area contributed by atoms with Crippen LogP contribution in [-0.4, -0.2) is 23.8 Å². The highest BCUT2D eigenvalue weighted by Crippen LogP contribution is 2.44. The van der Waals surface area contributed by atoms with E-state index in [2.05, 4.69) is 115 Å². The molecule has 1 N–H and O–H groups in total. The van der Waals surface area contributed by atoms with Crippen LogP contribution in [0.4, 0.5) is 0 Å². The fraction of sp³-hybridized carbons (Fsp3) is 0.158. The lowest BCUT2D eigenvalue weighted by atomic mass is 9.81. The van der Waals surface area contributed by atoms with Crippen molar-refractivity contribution in [2.75, 3.05) is 0 Å². The lowest BCUT2D eigenvalue weighted by molar-refractivity contribution is -0.0893. The second-order valence-electron chi connectivity index (χ2n) is 11.7. The standard InChI is InChI=1S/C38H34BO2/c1-37(2,40)38(3,4)41-39-30-19-13-17-28(25-30)27-16-12-18-29(24-27)36-33-22-10-8-20-31(33)35(26-14-6-5-7-15-26)32-21-9-11-23-34(32)36/h5-25,40H,1-4H3. The molecule has 0 saturated heterocycles. The molecule has 0 atom stereocenters. The Bertz CT molecular complexity index is 1790. The first-order chi connectivity index (χ1) is 19.7. The van der Waals surface area contributed by atoms with E-state index < -0.39 is 11.2 Å². The Morgan fingerprint density at radius 3 is 1.49 bits per heavy atom. The van der Waals surface area contributed by atoms with Gasteiger partial charge in [-0.05, 0) is 88.7 Å². The summed E-state index contributed by atoms with van der Waals surface area (Å²) in [5.41, 5.74) is 6.43. The Hall–Kier alpha value is -4.18. The summed E-state index contributed by atoms with van der Waals surface area (Å²) in [6.45, 7) is 7.33. The summed E-state index contributed by atoms with van der Waals surface area (Å²) in [5.74, 6) is 0. The van der Waals surface area contributed by atoms with E-state index in [0.29, 0.717) is 0 Å². The average molecular weight is 534 g/mol. The summed E-state index contributed by atoms with van der Waals surface area (Å²) < 4.78 is 6.03. The van der Waals surface area contributed by atoms with Crippen molar-refractivity contribution in [1.82, 2.24) is 0 Å². The predicted molar refractivity (Wildman–Crippen MR) is 175 cm³/mol. The molecule has 6 aromatic carbocycles. The van der Waals surface area contributed by atoms with Gasteiger partial charge in [0.15, 0.2) is 0 Å². The number of aliphatic hydroxyl groups is 1. The molecule has 0 aliphatic carbocycles. The van der Waals surface area contributed by atoms with E-state index in [1.807, 2.05) is 26.0 Å². The van der Waals surface area contributed by atoms with Gasteiger partial charge >= 0.3 is 7.48 Å². The summed E-state index contributed by atoms with van der Waals surface area (Å²) in [7, 11) is 1.74. The van der Waals surface area contributed by atoms with E-state index in [0.717, 1.165) is 16.6 Å². The van der Waals surface area contributed by atoms with Crippen LogP contribution in [0.5, 0.6) is 0 Å². The monoisotopic (exact) mass is 533 g/mol. The van der Waals surface area contributed by atoms with E-state index in [9.17, 15) is 5.11 Å². The van der Waals surface area contributed by atoms with Gasteiger partial charge in [0.05, 0.1) is 11.2 Å². The summed E-state index contributed by atoms with van der Waals surface area (Å²) >= 11 is 0. The van der Waals surface area contributed by atoms with Crippen LogP contribution in [0.25, 0.3) is 54.9 Å². The van der Waals surface area contributed by atoms with E-state index >= 15 is 0 Å². The summed E-state index contributed by atoms with van der Waals surface area (Å²) in [5, 5.41) is 15.5. The highest BCUT2D eigenvalue weighted by Gasteiger charge is 2.35. The number of hydrogen-bond donors (Lipinski definition) is 1. The quantitative estimate of drug-likeness (QED) is 0.164. The Morgan fingerprint density at radius 2 is 0.927 bits per heavy atom. The molecule has 0 fully saturated rings. The second kappa shape index (κ2) is 10.7. The van der Waals surface area contributed by atoms with E-state index in [1.54, 1.807) is 21.3 Å². The highest BCUT2D eigenvalue weighted by atomic mass is 16.5. The molecular weight excluding hydrogens is 499 g/mol.